The molecule has 0 aliphatic heterocycles. The normalized spacial score (nSPS) is 11.7. The van der Waals surface area contributed by atoms with Crippen molar-refractivity contribution in [1.29, 1.82) is 5.26 Å². The van der Waals surface area contributed by atoms with Crippen molar-refractivity contribution in [2.24, 2.45) is 0 Å². The number of carbonyl (C=O) groups is 1. The fraction of sp³-hybridized carbons (Fsp3) is 0.357. The van der Waals surface area contributed by atoms with Gasteiger partial charge in [-0.2, -0.15) is 5.26 Å². The second-order valence-electron chi connectivity index (χ2n) is 7.89. The number of nitrogens with zero attached hydrogens (tertiary/aromatic N) is 1. The highest BCUT2D eigenvalue weighted by Crippen LogP contribution is 2.47. The third-order valence-electron chi connectivity index (χ3n) is 5.26. The molecule has 1 aromatic heterocycles. The number of alkyl halides is 1. The summed E-state index contributed by atoms with van der Waals surface area (Å²) in [5, 5.41) is 8.46. The molecule has 9 nitrogen and oxygen atoms in total. The van der Waals surface area contributed by atoms with Gasteiger partial charge in [-0.3, -0.25) is 4.79 Å². The van der Waals surface area contributed by atoms with E-state index >= 15 is 0 Å². The van der Waals surface area contributed by atoms with E-state index in [4.69, 9.17) is 44.8 Å². The highest BCUT2D eigenvalue weighted by Gasteiger charge is 2.33. The molecule has 0 N–H and O–H groups in total. The Morgan fingerprint density at radius 2 is 1.36 bits per heavy atom. The van der Waals surface area contributed by atoms with Gasteiger partial charge in [0.15, 0.2) is 41.4 Å². The van der Waals surface area contributed by atoms with Crippen molar-refractivity contribution in [3.05, 3.63) is 81.5 Å². The third-order valence-corrected chi connectivity index (χ3v) is 6.91. The van der Waals surface area contributed by atoms with Gasteiger partial charge in [0.25, 0.3) is 0 Å². The zero-order chi connectivity index (χ0) is 27.9. The van der Waals surface area contributed by atoms with Crippen molar-refractivity contribution in [2.75, 3.05) is 54.2 Å². The monoisotopic (exact) mass is 575 g/mol. The highest BCUT2D eigenvalue weighted by molar-refractivity contribution is 7.13. The minimum atomic E-state index is -1.29. The zero-order valence-corrected chi connectivity index (χ0v) is 23.2. The van der Waals surface area contributed by atoms with E-state index < -0.39 is 17.5 Å². The van der Waals surface area contributed by atoms with Crippen LogP contribution in [0.25, 0.3) is 0 Å². The lowest BCUT2D eigenvalue weighted by Crippen LogP contribution is -2.17. The maximum atomic E-state index is 13.4. The van der Waals surface area contributed by atoms with Crippen LogP contribution in [0.4, 0.5) is 0 Å². The number of esters is 1. The average molecular weight is 576 g/mol. The SMILES string of the molecule is COCCOCOc1c(C#N)sc(C(Cl)C(=O)OC(c2ccccc2)c2ccccc2)c1OCOCCOC. The van der Waals surface area contributed by atoms with Crippen LogP contribution in [0.1, 0.15) is 32.4 Å². The Bertz CT molecular complexity index is 1150. The quantitative estimate of drug-likeness (QED) is 0.0925. The van der Waals surface area contributed by atoms with Gasteiger partial charge in [-0.05, 0) is 11.1 Å². The Labute approximate surface area is 236 Å². The van der Waals surface area contributed by atoms with E-state index in [2.05, 4.69) is 6.07 Å². The third kappa shape index (κ3) is 8.93. The molecule has 0 fully saturated rings. The molecule has 1 unspecified atom stereocenters. The second-order valence-corrected chi connectivity index (χ2v) is 9.38. The summed E-state index contributed by atoms with van der Waals surface area (Å²) in [6.07, 6.45) is -0.691. The lowest BCUT2D eigenvalue weighted by molar-refractivity contribution is -0.147. The van der Waals surface area contributed by atoms with E-state index in [0.29, 0.717) is 13.2 Å². The fourth-order valence-electron chi connectivity index (χ4n) is 3.40. The number of hydrogen-bond donors (Lipinski definition) is 0. The maximum absolute atomic E-state index is 13.4. The minimum Gasteiger partial charge on any atom is -0.462 e. The van der Waals surface area contributed by atoms with Crippen LogP contribution in [-0.4, -0.2) is 60.2 Å². The molecule has 11 heteroatoms. The first-order valence-corrected chi connectivity index (χ1v) is 13.3. The maximum Gasteiger partial charge on any atom is 0.330 e. The van der Waals surface area contributed by atoms with Crippen LogP contribution < -0.4 is 9.47 Å². The van der Waals surface area contributed by atoms with Crippen LogP contribution in [-0.2, 0) is 28.5 Å². The summed E-state index contributed by atoms with van der Waals surface area (Å²) >= 11 is 7.64. The molecule has 0 saturated carbocycles. The molecule has 1 atom stereocenters. The van der Waals surface area contributed by atoms with E-state index in [9.17, 15) is 10.1 Å². The van der Waals surface area contributed by atoms with E-state index in [1.165, 1.54) is 0 Å². The van der Waals surface area contributed by atoms with Crippen LogP contribution in [0.3, 0.4) is 0 Å². The molecule has 0 bridgehead atoms. The molecule has 0 aliphatic carbocycles. The van der Waals surface area contributed by atoms with Gasteiger partial charge in [0.1, 0.15) is 6.07 Å². The first-order valence-electron chi connectivity index (χ1n) is 12.0. The Balaban J connectivity index is 1.86. The Kier molecular flexibility index (Phi) is 13.0. The molecule has 0 saturated heterocycles. The van der Waals surface area contributed by atoms with Crippen LogP contribution in [0.5, 0.6) is 11.5 Å². The molecule has 0 amide bonds. The molecular weight excluding hydrogens is 546 g/mol. The first kappa shape index (κ1) is 30.4. The van der Waals surface area contributed by atoms with Crippen molar-refractivity contribution >= 4 is 28.9 Å². The molecule has 208 valence electrons. The van der Waals surface area contributed by atoms with Crippen LogP contribution in [0.2, 0.25) is 0 Å². The smallest absolute Gasteiger partial charge is 0.330 e. The summed E-state index contributed by atoms with van der Waals surface area (Å²) in [6.45, 7) is 0.950. The van der Waals surface area contributed by atoms with Crippen molar-refractivity contribution in [3.63, 3.8) is 0 Å². The molecule has 39 heavy (non-hydrogen) atoms. The summed E-state index contributed by atoms with van der Waals surface area (Å²) in [5.74, 6) is -0.503. The average Bonchev–Trinajstić information content (AvgIpc) is 3.33. The van der Waals surface area contributed by atoms with Crippen LogP contribution >= 0.6 is 22.9 Å². The van der Waals surface area contributed by atoms with E-state index in [1.54, 1.807) is 14.2 Å². The number of carbonyl (C=O) groups excluding carboxylic acids is 1. The molecule has 0 radical (unpaired) electrons. The minimum absolute atomic E-state index is 0.103. The number of hydrogen-bond acceptors (Lipinski definition) is 10. The molecule has 2 aromatic carbocycles. The predicted molar refractivity (Wildman–Crippen MR) is 145 cm³/mol. The molecule has 3 rings (SSSR count). The van der Waals surface area contributed by atoms with Crippen molar-refractivity contribution < 1.29 is 38.0 Å². The van der Waals surface area contributed by atoms with Gasteiger partial charge in [0.2, 0.25) is 0 Å². The summed E-state index contributed by atoms with van der Waals surface area (Å²) in [5.41, 5.74) is 1.56. The standard InChI is InChI=1S/C28H30ClNO8S/c1-32-13-15-34-18-36-25-22(17-30)39-27(26(25)37-19-35-16-14-33-2)23(29)28(31)38-24(20-9-5-3-6-10-20)21-11-7-4-8-12-21/h3-12,23-24H,13-16,18-19H2,1-2H3. The number of benzene rings is 2. The number of ether oxygens (including phenoxy) is 7. The van der Waals surface area contributed by atoms with Gasteiger partial charge in [0.05, 0.1) is 31.3 Å². The Morgan fingerprint density at radius 3 is 1.85 bits per heavy atom. The summed E-state index contributed by atoms with van der Waals surface area (Å²) in [7, 11) is 3.11. The molecule has 1 heterocycles. The van der Waals surface area contributed by atoms with Crippen LogP contribution in [0, 0.1) is 11.3 Å². The van der Waals surface area contributed by atoms with Crippen molar-refractivity contribution in [2.45, 2.75) is 11.5 Å². The fourth-order valence-corrected chi connectivity index (χ4v) is 4.63. The summed E-state index contributed by atoms with van der Waals surface area (Å²) in [4.78, 5) is 13.8. The highest BCUT2D eigenvalue weighted by atomic mass is 35.5. The Morgan fingerprint density at radius 1 is 0.846 bits per heavy atom. The van der Waals surface area contributed by atoms with E-state index in [0.717, 1.165) is 22.5 Å². The van der Waals surface area contributed by atoms with Gasteiger partial charge in [0, 0.05) is 14.2 Å². The Hall–Kier alpha value is -3.17. The van der Waals surface area contributed by atoms with Crippen molar-refractivity contribution in [3.8, 4) is 17.6 Å². The molecule has 0 aliphatic rings. The van der Waals surface area contributed by atoms with Crippen molar-refractivity contribution in [1.82, 2.24) is 0 Å². The number of halogens is 1. The number of thiophene rings is 1. The van der Waals surface area contributed by atoms with Gasteiger partial charge < -0.3 is 33.2 Å². The van der Waals surface area contributed by atoms with Gasteiger partial charge in [-0.15, -0.1) is 22.9 Å². The van der Waals surface area contributed by atoms with Gasteiger partial charge >= 0.3 is 5.97 Å². The predicted octanol–water partition coefficient (Wildman–Crippen LogP) is 5.23. The van der Waals surface area contributed by atoms with E-state index in [-0.39, 0.29) is 48.1 Å². The first-order chi connectivity index (χ1) is 19.1. The molecular formula is C28H30ClNO8S. The van der Waals surface area contributed by atoms with Crippen LogP contribution in [0.15, 0.2) is 60.7 Å². The molecule has 3 aromatic rings. The number of nitriles is 1. The largest absolute Gasteiger partial charge is 0.462 e. The topological polar surface area (TPSA) is 105 Å². The lowest BCUT2D eigenvalue weighted by Gasteiger charge is -2.21. The second kappa shape index (κ2) is 16.7. The van der Waals surface area contributed by atoms with Gasteiger partial charge in [-0.1, -0.05) is 60.7 Å². The zero-order valence-electron chi connectivity index (χ0n) is 21.7. The summed E-state index contributed by atoms with van der Waals surface area (Å²) < 4.78 is 38.2. The summed E-state index contributed by atoms with van der Waals surface area (Å²) in [6, 6.07) is 20.8. The number of methoxy groups -OCH3 is 2. The van der Waals surface area contributed by atoms with Gasteiger partial charge in [-0.25, -0.2) is 0 Å². The lowest BCUT2D eigenvalue weighted by atomic mass is 10.0. The van der Waals surface area contributed by atoms with E-state index in [1.807, 2.05) is 60.7 Å². The molecule has 0 spiro atoms. The number of rotatable bonds is 17.